The van der Waals surface area contributed by atoms with Crippen LogP contribution in [0.4, 0.5) is 5.69 Å². The van der Waals surface area contributed by atoms with E-state index >= 15 is 0 Å². The highest BCUT2D eigenvalue weighted by molar-refractivity contribution is 6.02. The van der Waals surface area contributed by atoms with E-state index < -0.39 is 10.8 Å². The van der Waals surface area contributed by atoms with Gasteiger partial charge in [-0.25, -0.2) is 5.43 Å². The molecule has 25 heavy (non-hydrogen) atoms. The monoisotopic (exact) mass is 341 g/mol. The zero-order chi connectivity index (χ0) is 18.6. The number of nitrogens with one attached hydrogen (secondary N) is 1. The number of aryl methyl sites for hydroxylation is 2. The van der Waals surface area contributed by atoms with Gasteiger partial charge in [0.05, 0.1) is 23.3 Å². The highest BCUT2D eigenvalue weighted by atomic mass is 16.6. The van der Waals surface area contributed by atoms with E-state index in [1.54, 1.807) is 6.92 Å². The molecule has 0 atom stereocenters. The van der Waals surface area contributed by atoms with Crippen molar-refractivity contribution < 1.29 is 14.5 Å². The number of carbonyl (C=O) groups excluding carboxylic acids is 1. The van der Waals surface area contributed by atoms with Crippen molar-refractivity contribution >= 4 is 17.3 Å². The lowest BCUT2D eigenvalue weighted by atomic mass is 10.0. The van der Waals surface area contributed by atoms with Gasteiger partial charge in [0.1, 0.15) is 5.75 Å². The van der Waals surface area contributed by atoms with E-state index in [-0.39, 0.29) is 17.0 Å². The van der Waals surface area contributed by atoms with Crippen molar-refractivity contribution in [2.75, 3.05) is 7.11 Å². The highest BCUT2D eigenvalue weighted by Gasteiger charge is 2.17. The maximum absolute atomic E-state index is 12.4. The molecule has 0 bridgehead atoms. The number of rotatable bonds is 5. The highest BCUT2D eigenvalue weighted by Crippen LogP contribution is 2.23. The van der Waals surface area contributed by atoms with Crippen LogP contribution in [0.5, 0.6) is 5.75 Å². The second-order valence-electron chi connectivity index (χ2n) is 5.60. The van der Waals surface area contributed by atoms with Crippen molar-refractivity contribution in [2.45, 2.75) is 20.8 Å². The van der Waals surface area contributed by atoms with E-state index in [0.29, 0.717) is 5.71 Å². The Morgan fingerprint density at radius 3 is 2.48 bits per heavy atom. The molecule has 0 spiro atoms. The topological polar surface area (TPSA) is 93.8 Å². The first-order valence-corrected chi connectivity index (χ1v) is 7.58. The van der Waals surface area contributed by atoms with Crippen LogP contribution in [0.15, 0.2) is 41.5 Å². The minimum Gasteiger partial charge on any atom is -0.496 e. The fourth-order valence-electron chi connectivity index (χ4n) is 2.46. The number of nitrogens with zero attached hydrogens (tertiary/aromatic N) is 2. The quantitative estimate of drug-likeness (QED) is 0.512. The fraction of sp³-hybridized carbons (Fsp3) is 0.222. The zero-order valence-corrected chi connectivity index (χ0v) is 14.5. The second kappa shape index (κ2) is 7.57. The molecule has 2 aromatic rings. The van der Waals surface area contributed by atoms with Crippen LogP contribution in [0.2, 0.25) is 0 Å². The lowest BCUT2D eigenvalue weighted by Crippen LogP contribution is -2.20. The maximum Gasteiger partial charge on any atom is 0.275 e. The van der Waals surface area contributed by atoms with Gasteiger partial charge in [0, 0.05) is 17.7 Å². The number of carbonyl (C=O) groups is 1. The number of benzene rings is 2. The number of methoxy groups -OCH3 is 1. The Morgan fingerprint density at radius 1 is 1.16 bits per heavy atom. The van der Waals surface area contributed by atoms with Gasteiger partial charge in [-0.2, -0.15) is 5.10 Å². The number of nitro groups is 1. The maximum atomic E-state index is 12.4. The Hall–Kier alpha value is -3.22. The van der Waals surface area contributed by atoms with Crippen molar-refractivity contribution in [1.29, 1.82) is 0 Å². The number of hydrazone groups is 1. The van der Waals surface area contributed by atoms with Crippen LogP contribution in [0.3, 0.4) is 0 Å². The van der Waals surface area contributed by atoms with Crippen molar-refractivity contribution in [3.63, 3.8) is 0 Å². The second-order valence-corrected chi connectivity index (χ2v) is 5.60. The Kier molecular flexibility index (Phi) is 5.49. The molecule has 7 nitrogen and oxygen atoms in total. The largest absolute Gasteiger partial charge is 0.496 e. The van der Waals surface area contributed by atoms with Crippen molar-refractivity contribution in [3.8, 4) is 5.75 Å². The van der Waals surface area contributed by atoms with Crippen LogP contribution in [0, 0.1) is 24.0 Å². The molecule has 0 heterocycles. The molecule has 7 heteroatoms. The normalized spacial score (nSPS) is 11.1. The molecule has 0 aliphatic rings. The molecule has 1 amide bonds. The summed E-state index contributed by atoms with van der Waals surface area (Å²) in [5, 5.41) is 15.0. The molecule has 0 aliphatic carbocycles. The molecule has 2 aromatic carbocycles. The molecule has 0 saturated carbocycles. The summed E-state index contributed by atoms with van der Waals surface area (Å²) < 4.78 is 5.09. The average Bonchev–Trinajstić information content (AvgIpc) is 2.58. The minimum absolute atomic E-state index is 0.0499. The summed E-state index contributed by atoms with van der Waals surface area (Å²) >= 11 is 0. The summed E-state index contributed by atoms with van der Waals surface area (Å²) in [6.07, 6.45) is 0. The predicted octanol–water partition coefficient (Wildman–Crippen LogP) is 3.37. The molecule has 1 N–H and O–H groups in total. The van der Waals surface area contributed by atoms with Gasteiger partial charge < -0.3 is 4.74 Å². The first-order chi connectivity index (χ1) is 11.8. The number of ether oxygens (including phenoxy) is 1. The Balaban J connectivity index is 2.27. The van der Waals surface area contributed by atoms with E-state index in [9.17, 15) is 14.9 Å². The van der Waals surface area contributed by atoms with Crippen molar-refractivity contribution in [3.05, 3.63) is 68.8 Å². The van der Waals surface area contributed by atoms with Gasteiger partial charge in [0.2, 0.25) is 0 Å². The molecule has 0 radical (unpaired) electrons. The molecule has 0 saturated heterocycles. The van der Waals surface area contributed by atoms with E-state index in [0.717, 1.165) is 22.8 Å². The molecule has 0 aliphatic heterocycles. The first-order valence-electron chi connectivity index (χ1n) is 7.58. The lowest BCUT2D eigenvalue weighted by molar-refractivity contribution is -0.384. The van der Waals surface area contributed by atoms with Gasteiger partial charge in [0.25, 0.3) is 11.6 Å². The fourth-order valence-corrected chi connectivity index (χ4v) is 2.46. The standard InChI is InChI=1S/C18H19N3O4/c1-11-5-7-15(12(2)9-11)13(3)19-20-18(22)16-10-14(21(23)24)6-8-17(16)25-4/h5-10H,1-4H3,(H,20,22)/b19-13-. The molecule has 0 fully saturated rings. The van der Waals surface area contributed by atoms with Crippen LogP contribution < -0.4 is 10.2 Å². The summed E-state index contributed by atoms with van der Waals surface area (Å²) in [6.45, 7) is 5.75. The van der Waals surface area contributed by atoms with Crippen LogP contribution >= 0.6 is 0 Å². The van der Waals surface area contributed by atoms with Gasteiger partial charge in [-0.1, -0.05) is 23.8 Å². The third-order valence-corrected chi connectivity index (χ3v) is 3.74. The molecular formula is C18H19N3O4. The van der Waals surface area contributed by atoms with E-state index in [4.69, 9.17) is 4.74 Å². The van der Waals surface area contributed by atoms with Crippen molar-refractivity contribution in [2.24, 2.45) is 5.10 Å². The minimum atomic E-state index is -0.579. The number of amides is 1. The Morgan fingerprint density at radius 2 is 1.88 bits per heavy atom. The lowest BCUT2D eigenvalue weighted by Gasteiger charge is -2.09. The zero-order valence-electron chi connectivity index (χ0n) is 14.5. The Labute approximate surface area is 145 Å². The van der Waals surface area contributed by atoms with E-state index in [2.05, 4.69) is 10.5 Å². The number of hydrogen-bond donors (Lipinski definition) is 1. The summed E-state index contributed by atoms with van der Waals surface area (Å²) in [5.41, 5.74) is 6.01. The Bertz CT molecular complexity index is 859. The molecule has 0 aromatic heterocycles. The molecular weight excluding hydrogens is 322 g/mol. The molecule has 130 valence electrons. The van der Waals surface area contributed by atoms with Crippen LogP contribution in [-0.2, 0) is 0 Å². The van der Waals surface area contributed by atoms with Gasteiger partial charge in [-0.15, -0.1) is 0 Å². The van der Waals surface area contributed by atoms with Crippen molar-refractivity contribution in [1.82, 2.24) is 5.43 Å². The first kappa shape index (κ1) is 18.1. The molecule has 2 rings (SSSR count). The van der Waals surface area contributed by atoms with E-state index in [1.807, 2.05) is 32.0 Å². The third kappa shape index (κ3) is 4.20. The number of non-ortho nitro benzene ring substituents is 1. The van der Waals surface area contributed by atoms with Crippen LogP contribution in [0.1, 0.15) is 34.0 Å². The van der Waals surface area contributed by atoms with Crippen LogP contribution in [0.25, 0.3) is 0 Å². The van der Waals surface area contributed by atoms with E-state index in [1.165, 1.54) is 19.2 Å². The summed E-state index contributed by atoms with van der Waals surface area (Å²) in [4.78, 5) is 22.7. The summed E-state index contributed by atoms with van der Waals surface area (Å²) in [6, 6.07) is 9.75. The van der Waals surface area contributed by atoms with Gasteiger partial charge in [-0.3, -0.25) is 14.9 Å². The van der Waals surface area contributed by atoms with Gasteiger partial charge in [-0.05, 0) is 32.4 Å². The van der Waals surface area contributed by atoms with Gasteiger partial charge >= 0.3 is 0 Å². The van der Waals surface area contributed by atoms with Gasteiger partial charge in [0.15, 0.2) is 0 Å². The third-order valence-electron chi connectivity index (χ3n) is 3.74. The SMILES string of the molecule is COc1ccc([N+](=O)[O-])cc1C(=O)N/N=C(/C)c1ccc(C)cc1C. The molecule has 0 unspecified atom stereocenters. The average molecular weight is 341 g/mol. The smallest absolute Gasteiger partial charge is 0.275 e. The summed E-state index contributed by atoms with van der Waals surface area (Å²) in [5.74, 6) is -0.341. The predicted molar refractivity (Wildman–Crippen MR) is 95.2 cm³/mol. The summed E-state index contributed by atoms with van der Waals surface area (Å²) in [7, 11) is 1.39. The number of nitro benzene ring substituents is 1. The number of hydrogen-bond acceptors (Lipinski definition) is 5. The van der Waals surface area contributed by atoms with Crippen LogP contribution in [-0.4, -0.2) is 23.7 Å².